The van der Waals surface area contributed by atoms with Gasteiger partial charge in [-0.05, 0) is 44.0 Å². The number of aryl methyl sites for hydroxylation is 2. The summed E-state index contributed by atoms with van der Waals surface area (Å²) in [4.78, 5) is 20.2. The molecule has 2 atom stereocenters. The lowest BCUT2D eigenvalue weighted by molar-refractivity contribution is -0.195. The van der Waals surface area contributed by atoms with Crippen molar-refractivity contribution in [3.63, 3.8) is 0 Å². The van der Waals surface area contributed by atoms with E-state index in [0.717, 1.165) is 37.6 Å². The van der Waals surface area contributed by atoms with Crippen molar-refractivity contribution in [3.05, 3.63) is 89.1 Å². The second-order valence-electron chi connectivity index (χ2n) is 10.3. The van der Waals surface area contributed by atoms with Crippen LogP contribution in [0, 0.1) is 19.3 Å². The van der Waals surface area contributed by atoms with E-state index in [1.165, 1.54) is 16.7 Å². The van der Waals surface area contributed by atoms with Crippen LogP contribution in [0.4, 0.5) is 11.5 Å². The lowest BCUT2D eigenvalue weighted by atomic mass is 9.77. The lowest BCUT2D eigenvalue weighted by Gasteiger charge is -2.55. The smallest absolute Gasteiger partial charge is 0.245 e. The Hall–Kier alpha value is -3.38. The Kier molecular flexibility index (Phi) is 6.48. The molecule has 0 aliphatic carbocycles. The van der Waals surface area contributed by atoms with E-state index in [9.17, 15) is 4.79 Å². The molecule has 2 saturated heterocycles. The number of nitrogens with zero attached hydrogens (tertiary/aromatic N) is 2. The van der Waals surface area contributed by atoms with Crippen LogP contribution >= 0.6 is 0 Å². The van der Waals surface area contributed by atoms with E-state index in [2.05, 4.69) is 84.9 Å². The number of hydrogen-bond donors (Lipinski definition) is 2. The summed E-state index contributed by atoms with van der Waals surface area (Å²) in [6.45, 7) is 9.37. The highest BCUT2D eigenvalue weighted by atomic mass is 16.5. The number of anilines is 2. The monoisotopic (exact) mass is 470 g/mol. The summed E-state index contributed by atoms with van der Waals surface area (Å²) in [6.07, 6.45) is 2.37. The Bertz CT molecular complexity index is 1160. The molecule has 35 heavy (non-hydrogen) atoms. The normalized spacial score (nSPS) is 17.7. The van der Waals surface area contributed by atoms with Gasteiger partial charge in [0, 0.05) is 31.7 Å². The van der Waals surface area contributed by atoms with Gasteiger partial charge in [-0.3, -0.25) is 4.79 Å². The minimum Gasteiger partial charge on any atom is -0.380 e. The van der Waals surface area contributed by atoms with E-state index >= 15 is 0 Å². The molecule has 0 radical (unpaired) electrons. The Morgan fingerprint density at radius 2 is 1.66 bits per heavy atom. The summed E-state index contributed by atoms with van der Waals surface area (Å²) in [5.74, 6) is 0.811. The first-order valence-electron chi connectivity index (χ1n) is 12.4. The van der Waals surface area contributed by atoms with Gasteiger partial charge in [0.15, 0.2) is 0 Å². The first-order valence-corrected chi connectivity index (χ1v) is 12.4. The van der Waals surface area contributed by atoms with E-state index in [4.69, 9.17) is 4.74 Å². The van der Waals surface area contributed by atoms with Crippen LogP contribution in [0.2, 0.25) is 0 Å². The molecule has 2 fully saturated rings. The van der Waals surface area contributed by atoms with E-state index in [0.29, 0.717) is 12.2 Å². The van der Waals surface area contributed by atoms with Crippen molar-refractivity contribution in [2.24, 2.45) is 5.41 Å². The number of carbonyl (C=O) groups is 1. The molecule has 1 unspecified atom stereocenters. The van der Waals surface area contributed by atoms with Gasteiger partial charge in [-0.2, -0.15) is 0 Å². The van der Waals surface area contributed by atoms with Gasteiger partial charge in [-0.25, -0.2) is 4.98 Å². The van der Waals surface area contributed by atoms with Crippen molar-refractivity contribution in [1.82, 2.24) is 9.88 Å². The predicted molar refractivity (Wildman–Crippen MR) is 140 cm³/mol. The van der Waals surface area contributed by atoms with E-state index in [1.807, 2.05) is 17.0 Å². The molecule has 1 amide bonds. The van der Waals surface area contributed by atoms with Crippen molar-refractivity contribution in [1.29, 1.82) is 0 Å². The van der Waals surface area contributed by atoms with Gasteiger partial charge in [-0.1, -0.05) is 59.7 Å². The lowest BCUT2D eigenvalue weighted by Crippen LogP contribution is -2.68. The first-order chi connectivity index (χ1) is 16.9. The SMILES string of the molecule is Cc1ccc(C[C@H](Nc2ncccc2NC(C)c2ccc(C)cc2)C(=O)N2CC3(COC3)C2)cc1. The second-order valence-corrected chi connectivity index (χ2v) is 10.3. The van der Waals surface area contributed by atoms with Gasteiger partial charge >= 0.3 is 0 Å². The molecule has 2 aliphatic rings. The number of aromatic nitrogens is 1. The van der Waals surface area contributed by atoms with Crippen LogP contribution in [-0.4, -0.2) is 48.1 Å². The quantitative estimate of drug-likeness (QED) is 0.497. The van der Waals surface area contributed by atoms with E-state index in [-0.39, 0.29) is 17.4 Å². The average molecular weight is 471 g/mol. The number of carbonyl (C=O) groups excluding carboxylic acids is 1. The maximum absolute atomic E-state index is 13.6. The van der Waals surface area contributed by atoms with Crippen LogP contribution in [-0.2, 0) is 16.0 Å². The zero-order chi connectivity index (χ0) is 24.4. The van der Waals surface area contributed by atoms with Crippen molar-refractivity contribution >= 4 is 17.4 Å². The van der Waals surface area contributed by atoms with Gasteiger partial charge in [-0.15, -0.1) is 0 Å². The Labute approximate surface area is 207 Å². The van der Waals surface area contributed by atoms with Crippen molar-refractivity contribution in [2.45, 2.75) is 39.3 Å². The molecular weight excluding hydrogens is 436 g/mol. The Balaban J connectivity index is 1.35. The first kappa shape index (κ1) is 23.4. The molecule has 182 valence electrons. The average Bonchev–Trinajstić information content (AvgIpc) is 2.79. The Morgan fingerprint density at radius 3 is 2.29 bits per heavy atom. The van der Waals surface area contributed by atoms with Gasteiger partial charge < -0.3 is 20.3 Å². The summed E-state index contributed by atoms with van der Waals surface area (Å²) in [7, 11) is 0. The van der Waals surface area contributed by atoms with Gasteiger partial charge in [0.05, 0.1) is 24.3 Å². The van der Waals surface area contributed by atoms with E-state index in [1.54, 1.807) is 6.20 Å². The number of ether oxygens (including phenoxy) is 1. The third-order valence-corrected chi connectivity index (χ3v) is 7.11. The summed E-state index contributed by atoms with van der Waals surface area (Å²) in [6, 6.07) is 20.6. The maximum atomic E-state index is 13.6. The predicted octanol–water partition coefficient (Wildman–Crippen LogP) is 4.75. The fraction of sp³-hybridized carbons (Fsp3) is 0.379. The molecule has 5 rings (SSSR count). The maximum Gasteiger partial charge on any atom is 0.245 e. The van der Waals surface area contributed by atoms with Crippen molar-refractivity contribution in [3.8, 4) is 0 Å². The zero-order valence-electron chi connectivity index (χ0n) is 20.8. The highest BCUT2D eigenvalue weighted by Gasteiger charge is 2.51. The van der Waals surface area contributed by atoms with Gasteiger partial charge in [0.25, 0.3) is 0 Å². The van der Waals surface area contributed by atoms with Crippen LogP contribution in [0.1, 0.15) is 35.2 Å². The number of likely N-dealkylation sites (tertiary alicyclic amines) is 1. The number of amides is 1. The topological polar surface area (TPSA) is 66.5 Å². The molecule has 3 aromatic rings. The standard InChI is InChI=1S/C29H34N4O2/c1-20-6-10-23(11-7-20)15-26(28(34)33-16-29(17-33)18-35-19-29)32-27-25(5-4-14-30-27)31-22(3)24-12-8-21(2)9-13-24/h4-14,22,26,31H,15-19H2,1-3H3,(H,30,32)/t22?,26-/m0/s1. The van der Waals surface area contributed by atoms with Gasteiger partial charge in [0.2, 0.25) is 5.91 Å². The molecule has 2 N–H and O–H groups in total. The van der Waals surface area contributed by atoms with Crippen LogP contribution in [0.15, 0.2) is 66.9 Å². The number of rotatable bonds is 8. The number of benzene rings is 2. The highest BCUT2D eigenvalue weighted by Crippen LogP contribution is 2.38. The largest absolute Gasteiger partial charge is 0.380 e. The van der Waals surface area contributed by atoms with Crippen LogP contribution in [0.5, 0.6) is 0 Å². The molecule has 2 aliphatic heterocycles. The minimum absolute atomic E-state index is 0.0976. The Morgan fingerprint density at radius 1 is 1.00 bits per heavy atom. The molecule has 2 aromatic carbocycles. The summed E-state index contributed by atoms with van der Waals surface area (Å²) >= 11 is 0. The fourth-order valence-electron chi connectivity index (χ4n) is 4.85. The van der Waals surface area contributed by atoms with Crippen molar-refractivity contribution in [2.75, 3.05) is 36.9 Å². The van der Waals surface area contributed by atoms with Gasteiger partial charge in [0.1, 0.15) is 11.9 Å². The van der Waals surface area contributed by atoms with Crippen molar-refractivity contribution < 1.29 is 9.53 Å². The fourth-order valence-corrected chi connectivity index (χ4v) is 4.85. The number of hydrogen-bond acceptors (Lipinski definition) is 5. The van der Waals surface area contributed by atoms with Crippen LogP contribution in [0.25, 0.3) is 0 Å². The molecule has 6 nitrogen and oxygen atoms in total. The second kappa shape index (κ2) is 9.70. The third kappa shape index (κ3) is 5.17. The molecule has 1 spiro atoms. The molecule has 1 aromatic heterocycles. The molecular formula is C29H34N4O2. The van der Waals surface area contributed by atoms with E-state index < -0.39 is 6.04 Å². The number of nitrogens with one attached hydrogen (secondary N) is 2. The van der Waals surface area contributed by atoms with Crippen LogP contribution in [0.3, 0.4) is 0 Å². The molecule has 0 saturated carbocycles. The summed E-state index contributed by atoms with van der Waals surface area (Å²) in [5, 5.41) is 7.08. The number of pyridine rings is 1. The summed E-state index contributed by atoms with van der Waals surface area (Å²) < 4.78 is 5.39. The summed E-state index contributed by atoms with van der Waals surface area (Å²) in [5.41, 5.74) is 5.85. The zero-order valence-corrected chi connectivity index (χ0v) is 20.8. The highest BCUT2D eigenvalue weighted by molar-refractivity contribution is 5.86. The third-order valence-electron chi connectivity index (χ3n) is 7.11. The minimum atomic E-state index is -0.402. The van der Waals surface area contributed by atoms with Crippen LogP contribution < -0.4 is 10.6 Å². The molecule has 6 heteroatoms. The molecule has 0 bridgehead atoms. The molecule has 3 heterocycles.